The van der Waals surface area contributed by atoms with Gasteiger partial charge >= 0.3 is 6.01 Å². The molecule has 0 fully saturated rings. The van der Waals surface area contributed by atoms with Gasteiger partial charge in [-0.25, -0.2) is 0 Å². The molecule has 0 radical (unpaired) electrons. The molecule has 4 N–H and O–H groups in total. The molecule has 0 atom stereocenters. The van der Waals surface area contributed by atoms with Crippen molar-refractivity contribution in [3.05, 3.63) is 65.2 Å². The maximum Gasteiger partial charge on any atom is 0.320 e. The molecule has 3 aromatic rings. The van der Waals surface area contributed by atoms with Gasteiger partial charge in [-0.15, -0.1) is 0 Å². The van der Waals surface area contributed by atoms with E-state index < -0.39 is 0 Å². The standard InChI is InChI=1S/C18H19N7O/c1-12-8-13(5-7-21-12)11-26-18-24-16(20)15(9-19)17(25-18)23-10-14-4-2-3-6-22-14/h2-9,19H,10-11H2,1H3,(H3,20,23,24,25). The molecule has 3 aromatic heterocycles. The number of aromatic nitrogens is 4. The van der Waals surface area contributed by atoms with Gasteiger partial charge in [0.25, 0.3) is 0 Å². The summed E-state index contributed by atoms with van der Waals surface area (Å²) in [6.45, 7) is 2.66. The minimum absolute atomic E-state index is 0.145. The maximum atomic E-state index is 7.55. The van der Waals surface area contributed by atoms with Crippen molar-refractivity contribution >= 4 is 17.9 Å². The Morgan fingerprint density at radius 3 is 2.81 bits per heavy atom. The first-order valence-corrected chi connectivity index (χ1v) is 8.02. The SMILES string of the molecule is Cc1cc(COc2nc(N)c(C=N)c(NCc3ccccn3)n2)ccn1. The number of hydrogen-bond donors (Lipinski definition) is 3. The summed E-state index contributed by atoms with van der Waals surface area (Å²) in [5.74, 6) is 0.610. The van der Waals surface area contributed by atoms with E-state index in [-0.39, 0.29) is 11.8 Å². The predicted octanol–water partition coefficient (Wildman–Crippen LogP) is 2.35. The summed E-state index contributed by atoms with van der Waals surface area (Å²) >= 11 is 0. The number of anilines is 2. The largest absolute Gasteiger partial charge is 0.458 e. The van der Waals surface area contributed by atoms with E-state index in [1.54, 1.807) is 12.4 Å². The molecule has 26 heavy (non-hydrogen) atoms. The molecule has 8 nitrogen and oxygen atoms in total. The third kappa shape index (κ3) is 4.29. The first kappa shape index (κ1) is 17.3. The van der Waals surface area contributed by atoms with Crippen molar-refractivity contribution in [2.24, 2.45) is 0 Å². The van der Waals surface area contributed by atoms with Gasteiger partial charge in [-0.2, -0.15) is 9.97 Å². The lowest BCUT2D eigenvalue weighted by molar-refractivity contribution is 0.281. The highest BCUT2D eigenvalue weighted by Crippen LogP contribution is 2.21. The Kier molecular flexibility index (Phi) is 5.33. The molecular formula is C18H19N7O. The lowest BCUT2D eigenvalue weighted by Crippen LogP contribution is -2.11. The van der Waals surface area contributed by atoms with E-state index in [0.717, 1.165) is 23.2 Å². The van der Waals surface area contributed by atoms with Crippen LogP contribution in [0, 0.1) is 12.3 Å². The summed E-state index contributed by atoms with van der Waals surface area (Å²) in [5, 5.41) is 10.7. The first-order valence-electron chi connectivity index (χ1n) is 8.02. The van der Waals surface area contributed by atoms with E-state index in [0.29, 0.717) is 24.5 Å². The molecule has 0 aromatic carbocycles. The third-order valence-electron chi connectivity index (χ3n) is 3.59. The molecule has 0 unspecified atom stereocenters. The maximum absolute atomic E-state index is 7.55. The Balaban J connectivity index is 1.76. The van der Waals surface area contributed by atoms with Gasteiger partial charge in [-0.3, -0.25) is 9.97 Å². The van der Waals surface area contributed by atoms with Crippen LogP contribution in [0.4, 0.5) is 11.6 Å². The molecule has 0 bridgehead atoms. The molecule has 0 aliphatic rings. The average Bonchev–Trinajstić information content (AvgIpc) is 2.65. The van der Waals surface area contributed by atoms with Crippen LogP contribution in [0.25, 0.3) is 0 Å². The molecule has 0 spiro atoms. The minimum atomic E-state index is 0.145. The smallest absolute Gasteiger partial charge is 0.320 e. The van der Waals surface area contributed by atoms with Crippen LogP contribution in [0.1, 0.15) is 22.5 Å². The van der Waals surface area contributed by atoms with E-state index in [1.807, 2.05) is 37.3 Å². The highest BCUT2D eigenvalue weighted by molar-refractivity contribution is 5.90. The Morgan fingerprint density at radius 2 is 2.08 bits per heavy atom. The number of rotatable bonds is 7. The zero-order valence-electron chi connectivity index (χ0n) is 14.3. The highest BCUT2D eigenvalue weighted by Gasteiger charge is 2.12. The number of hydrogen-bond acceptors (Lipinski definition) is 8. The van der Waals surface area contributed by atoms with Crippen molar-refractivity contribution in [1.29, 1.82) is 5.41 Å². The van der Waals surface area contributed by atoms with Crippen molar-refractivity contribution in [2.75, 3.05) is 11.1 Å². The Morgan fingerprint density at radius 1 is 1.19 bits per heavy atom. The van der Waals surface area contributed by atoms with Crippen LogP contribution in [0.2, 0.25) is 0 Å². The van der Waals surface area contributed by atoms with Crippen LogP contribution in [0.5, 0.6) is 6.01 Å². The average molecular weight is 349 g/mol. The van der Waals surface area contributed by atoms with E-state index in [1.165, 1.54) is 0 Å². The van der Waals surface area contributed by atoms with Gasteiger partial charge in [0.15, 0.2) is 0 Å². The number of ether oxygens (including phenoxy) is 1. The molecule has 0 saturated heterocycles. The Hall–Kier alpha value is -3.55. The summed E-state index contributed by atoms with van der Waals surface area (Å²) in [6, 6.07) is 9.58. The summed E-state index contributed by atoms with van der Waals surface area (Å²) < 4.78 is 5.66. The molecule has 0 aliphatic carbocycles. The number of nitrogens with zero attached hydrogens (tertiary/aromatic N) is 4. The number of nitrogens with one attached hydrogen (secondary N) is 2. The summed E-state index contributed by atoms with van der Waals surface area (Å²) in [6.07, 6.45) is 4.56. The van der Waals surface area contributed by atoms with E-state index in [2.05, 4.69) is 25.3 Å². The van der Waals surface area contributed by atoms with E-state index >= 15 is 0 Å². The third-order valence-corrected chi connectivity index (χ3v) is 3.59. The molecule has 0 saturated carbocycles. The van der Waals surface area contributed by atoms with Crippen molar-refractivity contribution in [3.8, 4) is 6.01 Å². The van der Waals surface area contributed by atoms with Gasteiger partial charge in [-0.05, 0) is 36.8 Å². The number of pyridine rings is 2. The summed E-state index contributed by atoms with van der Waals surface area (Å²) in [7, 11) is 0. The van der Waals surface area contributed by atoms with Crippen molar-refractivity contribution in [1.82, 2.24) is 19.9 Å². The number of aryl methyl sites for hydroxylation is 1. The second kappa shape index (κ2) is 8.02. The van der Waals surface area contributed by atoms with Gasteiger partial charge in [0, 0.05) is 24.3 Å². The number of nitrogen functional groups attached to an aromatic ring is 1. The van der Waals surface area contributed by atoms with Crippen LogP contribution in [0.3, 0.4) is 0 Å². The highest BCUT2D eigenvalue weighted by atomic mass is 16.5. The van der Waals surface area contributed by atoms with Crippen molar-refractivity contribution < 1.29 is 4.74 Å². The van der Waals surface area contributed by atoms with Crippen molar-refractivity contribution in [2.45, 2.75) is 20.1 Å². The lowest BCUT2D eigenvalue weighted by Gasteiger charge is -2.12. The van der Waals surface area contributed by atoms with Crippen LogP contribution in [0.15, 0.2) is 42.7 Å². The molecule has 3 rings (SSSR count). The molecule has 0 aliphatic heterocycles. The molecule has 132 valence electrons. The second-order valence-corrected chi connectivity index (χ2v) is 5.57. The van der Waals surface area contributed by atoms with E-state index in [4.69, 9.17) is 15.9 Å². The first-order chi connectivity index (χ1) is 12.7. The molecule has 8 heteroatoms. The number of nitrogens with two attached hydrogens (primary N) is 1. The predicted molar refractivity (Wildman–Crippen MR) is 99.2 cm³/mol. The van der Waals surface area contributed by atoms with Crippen LogP contribution >= 0.6 is 0 Å². The fraction of sp³-hybridized carbons (Fsp3) is 0.167. The van der Waals surface area contributed by atoms with Gasteiger partial charge in [0.2, 0.25) is 0 Å². The van der Waals surface area contributed by atoms with Gasteiger partial charge in [-0.1, -0.05) is 6.07 Å². The fourth-order valence-corrected chi connectivity index (χ4v) is 2.33. The monoisotopic (exact) mass is 349 g/mol. The zero-order valence-corrected chi connectivity index (χ0v) is 14.3. The quantitative estimate of drug-likeness (QED) is 0.559. The Bertz CT molecular complexity index is 899. The summed E-state index contributed by atoms with van der Waals surface area (Å²) in [5.41, 5.74) is 9.06. The van der Waals surface area contributed by atoms with Gasteiger partial charge < -0.3 is 21.2 Å². The minimum Gasteiger partial charge on any atom is -0.458 e. The van der Waals surface area contributed by atoms with Crippen molar-refractivity contribution in [3.63, 3.8) is 0 Å². The fourth-order valence-electron chi connectivity index (χ4n) is 2.33. The summed E-state index contributed by atoms with van der Waals surface area (Å²) in [4.78, 5) is 16.9. The lowest BCUT2D eigenvalue weighted by atomic mass is 10.2. The van der Waals surface area contributed by atoms with Gasteiger partial charge in [0.1, 0.15) is 18.2 Å². The molecule has 3 heterocycles. The zero-order chi connectivity index (χ0) is 18.4. The van der Waals surface area contributed by atoms with Gasteiger partial charge in [0.05, 0.1) is 17.8 Å². The second-order valence-electron chi connectivity index (χ2n) is 5.57. The molecular weight excluding hydrogens is 330 g/mol. The van der Waals surface area contributed by atoms with Crippen LogP contribution < -0.4 is 15.8 Å². The normalized spacial score (nSPS) is 10.3. The van der Waals surface area contributed by atoms with Crippen LogP contribution in [-0.2, 0) is 13.2 Å². The topological polar surface area (TPSA) is 123 Å². The van der Waals surface area contributed by atoms with E-state index in [9.17, 15) is 0 Å². The van der Waals surface area contributed by atoms with Crippen LogP contribution in [-0.4, -0.2) is 26.2 Å². The molecule has 0 amide bonds. The Labute approximate surface area is 151 Å².